The molecule has 8 heteroatoms. The summed E-state index contributed by atoms with van der Waals surface area (Å²) in [5.41, 5.74) is 0. The second kappa shape index (κ2) is 6.31. The highest BCUT2D eigenvalue weighted by molar-refractivity contribution is 7.89. The fraction of sp³-hybridized carbons (Fsp3) is 0.462. The van der Waals surface area contributed by atoms with Gasteiger partial charge in [-0.25, -0.2) is 12.7 Å². The Morgan fingerprint density at radius 3 is 2.62 bits per heavy atom. The summed E-state index contributed by atoms with van der Waals surface area (Å²) in [6, 6.07) is 4.44. The van der Waals surface area contributed by atoms with Crippen molar-refractivity contribution in [1.29, 1.82) is 0 Å². The van der Waals surface area contributed by atoms with Gasteiger partial charge in [0.05, 0.1) is 4.90 Å². The number of rotatable bonds is 6. The smallest absolute Gasteiger partial charge is 0.303 e. The third-order valence-electron chi connectivity index (χ3n) is 3.09. The molecular formula is C13H17NO6S. The Balaban J connectivity index is 2.13. The van der Waals surface area contributed by atoms with Crippen molar-refractivity contribution < 1.29 is 27.8 Å². The third-order valence-corrected chi connectivity index (χ3v) is 4.94. The van der Waals surface area contributed by atoms with E-state index in [1.807, 2.05) is 0 Å². The molecule has 0 radical (unpaired) electrons. The highest BCUT2D eigenvalue weighted by Gasteiger charge is 2.23. The lowest BCUT2D eigenvalue weighted by Crippen LogP contribution is -2.28. The van der Waals surface area contributed by atoms with Crippen LogP contribution in [0.2, 0.25) is 0 Å². The SMILES string of the molecule is CN(CCCC(=O)O)S(=O)(=O)c1ccc2c(c1)OCCO2. The van der Waals surface area contributed by atoms with Gasteiger partial charge in [-0.3, -0.25) is 4.79 Å². The Kier molecular flexibility index (Phi) is 4.69. The van der Waals surface area contributed by atoms with E-state index in [9.17, 15) is 13.2 Å². The highest BCUT2D eigenvalue weighted by atomic mass is 32.2. The van der Waals surface area contributed by atoms with E-state index in [-0.39, 0.29) is 24.3 Å². The molecule has 0 bridgehead atoms. The van der Waals surface area contributed by atoms with Gasteiger partial charge in [0, 0.05) is 26.1 Å². The van der Waals surface area contributed by atoms with Crippen LogP contribution in [0.25, 0.3) is 0 Å². The number of hydrogen-bond acceptors (Lipinski definition) is 5. The minimum Gasteiger partial charge on any atom is -0.486 e. The molecule has 1 heterocycles. The summed E-state index contributed by atoms with van der Waals surface area (Å²) in [4.78, 5) is 10.6. The van der Waals surface area contributed by atoms with E-state index in [0.29, 0.717) is 24.7 Å². The van der Waals surface area contributed by atoms with E-state index >= 15 is 0 Å². The predicted molar refractivity (Wildman–Crippen MR) is 74.1 cm³/mol. The Bertz CT molecular complexity index is 628. The maximum absolute atomic E-state index is 12.4. The molecule has 0 aromatic heterocycles. The van der Waals surface area contributed by atoms with Crippen molar-refractivity contribution in [3.05, 3.63) is 18.2 Å². The summed E-state index contributed by atoms with van der Waals surface area (Å²) in [7, 11) is -2.24. The number of benzene rings is 1. The van der Waals surface area contributed by atoms with E-state index in [1.165, 1.54) is 19.2 Å². The van der Waals surface area contributed by atoms with Crippen LogP contribution >= 0.6 is 0 Å². The van der Waals surface area contributed by atoms with Gasteiger partial charge >= 0.3 is 5.97 Å². The first-order valence-corrected chi connectivity index (χ1v) is 7.93. The predicted octanol–water partition coefficient (Wildman–Crippen LogP) is 0.943. The summed E-state index contributed by atoms with van der Waals surface area (Å²) >= 11 is 0. The molecule has 1 aliphatic heterocycles. The van der Waals surface area contributed by atoms with Crippen LogP contribution in [0.4, 0.5) is 0 Å². The van der Waals surface area contributed by atoms with E-state index in [4.69, 9.17) is 14.6 Å². The van der Waals surface area contributed by atoms with Gasteiger partial charge in [-0.2, -0.15) is 0 Å². The van der Waals surface area contributed by atoms with Crippen molar-refractivity contribution in [2.75, 3.05) is 26.8 Å². The number of sulfonamides is 1. The maximum atomic E-state index is 12.4. The summed E-state index contributed by atoms with van der Waals surface area (Å²) in [5.74, 6) is -0.0184. The lowest BCUT2D eigenvalue weighted by molar-refractivity contribution is -0.137. The number of carboxylic acid groups (broad SMARTS) is 1. The summed E-state index contributed by atoms with van der Waals surface area (Å²) < 4.78 is 36.6. The number of carbonyl (C=O) groups is 1. The van der Waals surface area contributed by atoms with Crippen LogP contribution in [0, 0.1) is 0 Å². The minimum absolute atomic E-state index is 0.0685. The molecule has 2 rings (SSSR count). The standard InChI is InChI=1S/C13H17NO6S/c1-14(6-2-3-13(15)16)21(17,18)10-4-5-11-12(9-10)20-8-7-19-11/h4-5,9H,2-3,6-8H2,1H3,(H,15,16). The van der Waals surface area contributed by atoms with Crippen LogP contribution in [0.5, 0.6) is 11.5 Å². The fourth-order valence-corrected chi connectivity index (χ4v) is 3.16. The van der Waals surface area contributed by atoms with Crippen molar-refractivity contribution in [3.63, 3.8) is 0 Å². The van der Waals surface area contributed by atoms with Gasteiger partial charge in [0.25, 0.3) is 0 Å². The molecule has 7 nitrogen and oxygen atoms in total. The number of fused-ring (bicyclic) bond motifs is 1. The lowest BCUT2D eigenvalue weighted by atomic mass is 10.3. The van der Waals surface area contributed by atoms with Crippen LogP contribution < -0.4 is 9.47 Å². The normalized spacial score (nSPS) is 14.2. The highest BCUT2D eigenvalue weighted by Crippen LogP contribution is 2.32. The zero-order chi connectivity index (χ0) is 15.5. The van der Waals surface area contributed by atoms with E-state index < -0.39 is 16.0 Å². The van der Waals surface area contributed by atoms with Crippen molar-refractivity contribution >= 4 is 16.0 Å². The van der Waals surface area contributed by atoms with Gasteiger partial charge in [-0.1, -0.05) is 0 Å². The van der Waals surface area contributed by atoms with Crippen LogP contribution in [0.15, 0.2) is 23.1 Å². The first-order valence-electron chi connectivity index (χ1n) is 6.49. The summed E-state index contributed by atoms with van der Waals surface area (Å²) in [6.07, 6.45) is 0.191. The number of nitrogens with zero attached hydrogens (tertiary/aromatic N) is 1. The van der Waals surface area contributed by atoms with Gasteiger partial charge in [-0.15, -0.1) is 0 Å². The average Bonchev–Trinajstić information content (AvgIpc) is 2.46. The number of ether oxygens (including phenoxy) is 2. The molecule has 21 heavy (non-hydrogen) atoms. The molecule has 0 atom stereocenters. The van der Waals surface area contributed by atoms with Gasteiger partial charge in [0.2, 0.25) is 10.0 Å². The zero-order valence-electron chi connectivity index (χ0n) is 11.6. The molecule has 116 valence electrons. The first kappa shape index (κ1) is 15.6. The number of aliphatic carboxylic acids is 1. The van der Waals surface area contributed by atoms with E-state index in [2.05, 4.69) is 0 Å². The lowest BCUT2D eigenvalue weighted by Gasteiger charge is -2.21. The maximum Gasteiger partial charge on any atom is 0.303 e. The molecule has 0 unspecified atom stereocenters. The molecule has 0 amide bonds. The fourth-order valence-electron chi connectivity index (χ4n) is 1.94. The van der Waals surface area contributed by atoms with E-state index in [1.54, 1.807) is 6.07 Å². The summed E-state index contributed by atoms with van der Waals surface area (Å²) in [6.45, 7) is 0.961. The molecule has 1 aliphatic rings. The molecule has 0 spiro atoms. The number of hydrogen-bond donors (Lipinski definition) is 1. The van der Waals surface area contributed by atoms with Crippen molar-refractivity contribution in [3.8, 4) is 11.5 Å². The van der Waals surface area contributed by atoms with E-state index in [0.717, 1.165) is 4.31 Å². The van der Waals surface area contributed by atoms with Gasteiger partial charge in [0.1, 0.15) is 13.2 Å². The first-order chi connectivity index (χ1) is 9.91. The van der Waals surface area contributed by atoms with Gasteiger partial charge < -0.3 is 14.6 Å². The molecule has 1 N–H and O–H groups in total. The second-order valence-electron chi connectivity index (χ2n) is 4.63. The van der Waals surface area contributed by atoms with Crippen molar-refractivity contribution in [1.82, 2.24) is 4.31 Å². The Morgan fingerprint density at radius 1 is 1.29 bits per heavy atom. The third kappa shape index (κ3) is 3.64. The van der Waals surface area contributed by atoms with Crippen molar-refractivity contribution in [2.45, 2.75) is 17.7 Å². The topological polar surface area (TPSA) is 93.1 Å². The molecular weight excluding hydrogens is 298 g/mol. The molecule has 0 saturated heterocycles. The average molecular weight is 315 g/mol. The Labute approximate surface area is 123 Å². The number of carboxylic acids is 1. The van der Waals surface area contributed by atoms with Crippen molar-refractivity contribution in [2.24, 2.45) is 0 Å². The quantitative estimate of drug-likeness (QED) is 0.840. The Morgan fingerprint density at radius 2 is 1.95 bits per heavy atom. The monoisotopic (exact) mass is 315 g/mol. The van der Waals surface area contributed by atoms with Crippen LogP contribution in [0.3, 0.4) is 0 Å². The van der Waals surface area contributed by atoms with Crippen LogP contribution in [-0.2, 0) is 14.8 Å². The molecule has 1 aromatic carbocycles. The summed E-state index contributed by atoms with van der Waals surface area (Å²) in [5, 5.41) is 8.58. The zero-order valence-corrected chi connectivity index (χ0v) is 12.4. The largest absolute Gasteiger partial charge is 0.486 e. The molecule has 1 aromatic rings. The molecule has 0 aliphatic carbocycles. The molecule has 0 saturated carbocycles. The van der Waals surface area contributed by atoms with Gasteiger partial charge in [0.15, 0.2) is 11.5 Å². The van der Waals surface area contributed by atoms with Crippen LogP contribution in [0.1, 0.15) is 12.8 Å². The Hall–Kier alpha value is -1.80. The van der Waals surface area contributed by atoms with Crippen LogP contribution in [-0.4, -0.2) is 50.6 Å². The minimum atomic E-state index is -3.67. The second-order valence-corrected chi connectivity index (χ2v) is 6.67. The molecule has 0 fully saturated rings. The van der Waals surface area contributed by atoms with Gasteiger partial charge in [-0.05, 0) is 18.6 Å².